The fourth-order valence-corrected chi connectivity index (χ4v) is 16.4. The van der Waals surface area contributed by atoms with Gasteiger partial charge < -0.3 is 19.6 Å². The normalized spacial score (nSPS) is 23.3. The number of nitrogens with zero attached hydrogens (tertiary/aromatic N) is 4. The minimum atomic E-state index is -0.134. The molecule has 0 radical (unpaired) electrons. The average molecular weight is 1030 g/mol. The summed E-state index contributed by atoms with van der Waals surface area (Å²) in [6.45, 7) is 17.2. The highest BCUT2D eigenvalue weighted by atomic mass is 15.3. The van der Waals surface area contributed by atoms with Crippen molar-refractivity contribution in [3.8, 4) is 22.3 Å². The van der Waals surface area contributed by atoms with Crippen molar-refractivity contribution in [2.24, 2.45) is 0 Å². The molecular formula is C74H71BN4. The van der Waals surface area contributed by atoms with Crippen LogP contribution in [-0.4, -0.2) is 17.8 Å². The summed E-state index contributed by atoms with van der Waals surface area (Å²) in [4.78, 5) is 10.9. The van der Waals surface area contributed by atoms with Crippen LogP contribution in [-0.2, 0) is 16.2 Å². The van der Waals surface area contributed by atoms with Crippen LogP contribution >= 0.6 is 0 Å². The Bertz CT molecular complexity index is 3880. The Morgan fingerprint density at radius 2 is 0.772 bits per heavy atom. The van der Waals surface area contributed by atoms with E-state index in [1.54, 1.807) is 0 Å². The highest BCUT2D eigenvalue weighted by Gasteiger charge is 2.59. The van der Waals surface area contributed by atoms with E-state index < -0.39 is 0 Å². The first-order valence-electron chi connectivity index (χ1n) is 29.5. The lowest BCUT2D eigenvalue weighted by Crippen LogP contribution is -2.62. The van der Waals surface area contributed by atoms with E-state index in [4.69, 9.17) is 0 Å². The maximum absolute atomic E-state index is 2.80. The van der Waals surface area contributed by atoms with Crippen LogP contribution in [0, 0.1) is 0 Å². The van der Waals surface area contributed by atoms with Crippen LogP contribution in [0.3, 0.4) is 0 Å². The summed E-state index contributed by atoms with van der Waals surface area (Å²) in [5.74, 6) is 0. The molecule has 6 aliphatic rings. The summed E-state index contributed by atoms with van der Waals surface area (Å²) in [6, 6.07) is 79.7. The SMILES string of the molecule is CC(C)(C)c1ccc(N2c3ccc(N4c5ccccc5C5(C)CCCCC45C)cc3B3c4cc(-c5ccccc5)ccc4N(c4ccc(-c5ccccc5)cc4)c4cc(N5c6ccccc6C6(C)CCCCC56C)cc2c43)cc1. The molecule has 4 heterocycles. The molecule has 5 heteroatoms. The van der Waals surface area contributed by atoms with Gasteiger partial charge in [-0.1, -0.05) is 194 Å². The molecule has 4 aliphatic heterocycles. The van der Waals surface area contributed by atoms with E-state index in [0.29, 0.717) is 0 Å². The van der Waals surface area contributed by atoms with Crippen LogP contribution in [0.5, 0.6) is 0 Å². The number of hydrogen-bond donors (Lipinski definition) is 0. The molecule has 0 bridgehead atoms. The van der Waals surface area contributed by atoms with Crippen molar-refractivity contribution in [3.63, 3.8) is 0 Å². The van der Waals surface area contributed by atoms with Crippen molar-refractivity contribution in [2.75, 3.05) is 19.6 Å². The van der Waals surface area contributed by atoms with Gasteiger partial charge in [0.15, 0.2) is 0 Å². The zero-order valence-electron chi connectivity index (χ0n) is 47.2. The van der Waals surface area contributed by atoms with Crippen LogP contribution in [0.15, 0.2) is 206 Å². The minimum Gasteiger partial charge on any atom is -0.334 e. The Kier molecular flexibility index (Phi) is 10.6. The smallest absolute Gasteiger partial charge is 0.252 e. The third-order valence-electron chi connectivity index (χ3n) is 20.9. The van der Waals surface area contributed by atoms with Gasteiger partial charge in [0.1, 0.15) is 0 Å². The number of para-hydroxylation sites is 2. The molecule has 15 rings (SSSR count). The molecule has 390 valence electrons. The van der Waals surface area contributed by atoms with Crippen molar-refractivity contribution in [1.29, 1.82) is 0 Å². The van der Waals surface area contributed by atoms with Gasteiger partial charge in [0.2, 0.25) is 0 Å². The highest BCUT2D eigenvalue weighted by molar-refractivity contribution is 7.00. The lowest BCUT2D eigenvalue weighted by Gasteiger charge is -2.51. The fourth-order valence-electron chi connectivity index (χ4n) is 16.4. The second kappa shape index (κ2) is 17.4. The van der Waals surface area contributed by atoms with Crippen molar-refractivity contribution in [3.05, 3.63) is 223 Å². The van der Waals surface area contributed by atoms with Gasteiger partial charge in [-0.05, 0) is 173 Å². The molecule has 0 aromatic heterocycles. The minimum absolute atomic E-state index is 0.00434. The second-order valence-corrected chi connectivity index (χ2v) is 25.9. The maximum Gasteiger partial charge on any atom is 0.252 e. The van der Waals surface area contributed by atoms with Crippen LogP contribution in [0.2, 0.25) is 0 Å². The average Bonchev–Trinajstić information content (AvgIpc) is 3.84. The van der Waals surface area contributed by atoms with Gasteiger partial charge >= 0.3 is 0 Å². The Morgan fingerprint density at radius 1 is 0.354 bits per heavy atom. The maximum atomic E-state index is 2.80. The first-order chi connectivity index (χ1) is 38.3. The number of anilines is 10. The first-order valence-corrected chi connectivity index (χ1v) is 29.5. The topological polar surface area (TPSA) is 13.0 Å². The van der Waals surface area contributed by atoms with E-state index in [9.17, 15) is 0 Å². The van der Waals surface area contributed by atoms with Crippen molar-refractivity contribution in [2.45, 2.75) is 127 Å². The molecule has 4 nitrogen and oxygen atoms in total. The molecule has 0 N–H and O–H groups in total. The van der Waals surface area contributed by atoms with Crippen LogP contribution < -0.4 is 36.0 Å². The van der Waals surface area contributed by atoms with Gasteiger partial charge in [0, 0.05) is 67.7 Å². The number of benzene rings is 9. The molecule has 9 aromatic carbocycles. The molecule has 2 aliphatic carbocycles. The van der Waals surface area contributed by atoms with Crippen molar-refractivity contribution in [1.82, 2.24) is 0 Å². The monoisotopic (exact) mass is 1030 g/mol. The van der Waals surface area contributed by atoms with Gasteiger partial charge in [-0.3, -0.25) is 0 Å². The first kappa shape index (κ1) is 48.4. The summed E-state index contributed by atoms with van der Waals surface area (Å²) < 4.78 is 0. The van der Waals surface area contributed by atoms with Crippen molar-refractivity contribution < 1.29 is 0 Å². The van der Waals surface area contributed by atoms with Crippen LogP contribution in [0.25, 0.3) is 22.3 Å². The molecule has 2 fully saturated rings. The summed E-state index contributed by atoms with van der Waals surface area (Å²) >= 11 is 0. The molecule has 4 unspecified atom stereocenters. The lowest BCUT2D eigenvalue weighted by atomic mass is 9.33. The Labute approximate surface area is 469 Å². The van der Waals surface area contributed by atoms with Gasteiger partial charge in [0.05, 0.1) is 11.1 Å². The Morgan fingerprint density at radius 3 is 1.32 bits per heavy atom. The molecule has 0 amide bonds. The lowest BCUT2D eigenvalue weighted by molar-refractivity contribution is 0.195. The van der Waals surface area contributed by atoms with E-state index in [1.807, 2.05) is 0 Å². The molecule has 4 atom stereocenters. The summed E-state index contributed by atoms with van der Waals surface area (Å²) in [6.07, 6.45) is 9.61. The van der Waals surface area contributed by atoms with Gasteiger partial charge in [-0.25, -0.2) is 0 Å². The third kappa shape index (κ3) is 6.87. The van der Waals surface area contributed by atoms with Gasteiger partial charge in [0.25, 0.3) is 6.71 Å². The molecule has 0 spiro atoms. The zero-order chi connectivity index (χ0) is 53.6. The predicted octanol–water partition coefficient (Wildman–Crippen LogP) is 17.9. The van der Waals surface area contributed by atoms with E-state index in [1.165, 1.54) is 145 Å². The fraction of sp³-hybridized carbons (Fsp3) is 0.270. The third-order valence-corrected chi connectivity index (χ3v) is 20.9. The molecule has 0 saturated heterocycles. The summed E-state index contributed by atoms with van der Waals surface area (Å²) in [5.41, 5.74) is 25.5. The molecule has 2 saturated carbocycles. The van der Waals surface area contributed by atoms with E-state index in [0.717, 1.165) is 18.5 Å². The Balaban J connectivity index is 1.04. The Hall–Kier alpha value is -7.76. The van der Waals surface area contributed by atoms with Gasteiger partial charge in [-0.2, -0.15) is 0 Å². The van der Waals surface area contributed by atoms with E-state index in [-0.39, 0.29) is 34.0 Å². The zero-order valence-corrected chi connectivity index (χ0v) is 47.2. The van der Waals surface area contributed by atoms with Gasteiger partial charge in [-0.15, -0.1) is 0 Å². The summed E-state index contributed by atoms with van der Waals surface area (Å²) in [5, 5.41) is 0. The number of hydrogen-bond acceptors (Lipinski definition) is 4. The quantitative estimate of drug-likeness (QED) is 0.154. The molecule has 79 heavy (non-hydrogen) atoms. The number of fused-ring (bicyclic) bond motifs is 10. The highest BCUT2D eigenvalue weighted by Crippen LogP contribution is 2.63. The second-order valence-electron chi connectivity index (χ2n) is 25.9. The largest absolute Gasteiger partial charge is 0.334 e. The standard InChI is InChI=1S/C74H71BN4/c1-70(2,3)54-33-37-56(38-34-54)77-66-41-39-57(78-63-28-16-14-26-59(63)71(4)42-18-20-44-73(71,78)6)47-62(66)75-61-46-53(51-24-12-9-13-25-51)32-40-65(61)76(55-35-30-52(31-36-55)50-22-10-8-11-23-50)67-48-58(49-68(77)69(67)75)79-64-29-17-15-27-60(64)72(5)43-19-21-45-74(72,79)7/h8-17,22-41,46-49H,18-21,42-45H2,1-7H3. The molecule has 9 aromatic rings. The predicted molar refractivity (Wildman–Crippen MR) is 336 cm³/mol. The van der Waals surface area contributed by atoms with Crippen molar-refractivity contribution >= 4 is 80.0 Å². The number of rotatable bonds is 6. The molecular weight excluding hydrogens is 956 g/mol. The van der Waals surface area contributed by atoms with Crippen LogP contribution in [0.4, 0.5) is 56.9 Å². The summed E-state index contributed by atoms with van der Waals surface area (Å²) in [7, 11) is 0. The van der Waals surface area contributed by atoms with E-state index >= 15 is 0 Å². The van der Waals surface area contributed by atoms with E-state index in [2.05, 4.69) is 274 Å². The van der Waals surface area contributed by atoms with Crippen LogP contribution in [0.1, 0.15) is 117 Å².